The van der Waals surface area contributed by atoms with Gasteiger partial charge in [-0.1, -0.05) is 20.8 Å². The Morgan fingerprint density at radius 3 is 2.72 bits per heavy atom. The first-order valence-corrected chi connectivity index (χ1v) is 7.55. The zero-order valence-electron chi connectivity index (χ0n) is 12.8. The van der Waals surface area contributed by atoms with E-state index in [9.17, 15) is 0 Å². The zero-order valence-corrected chi connectivity index (χ0v) is 12.8. The molecule has 3 heteroatoms. The molecule has 0 bridgehead atoms. The lowest BCUT2D eigenvalue weighted by Crippen LogP contribution is -2.48. The molecular weight excluding hydrogens is 224 g/mol. The lowest BCUT2D eigenvalue weighted by molar-refractivity contribution is -0.0228. The standard InChI is InChI=1S/C15H32N2O/c1-5-8-17(4)12-15(7-6-9-18-13-15)11-16-10-14(2)3/h14,16H,5-13H2,1-4H3. The van der Waals surface area contributed by atoms with Gasteiger partial charge in [0.25, 0.3) is 0 Å². The Morgan fingerprint density at radius 2 is 2.17 bits per heavy atom. The Balaban J connectivity index is 2.46. The van der Waals surface area contributed by atoms with Crippen LogP contribution in [-0.4, -0.2) is 51.3 Å². The molecule has 0 radical (unpaired) electrons. The Hall–Kier alpha value is -0.120. The first-order chi connectivity index (χ1) is 8.58. The molecule has 1 aliphatic heterocycles. The molecule has 1 heterocycles. The molecule has 0 spiro atoms. The van der Waals surface area contributed by atoms with Crippen molar-refractivity contribution >= 4 is 0 Å². The number of nitrogens with zero attached hydrogens (tertiary/aromatic N) is 1. The molecular formula is C15H32N2O. The fourth-order valence-corrected chi connectivity index (χ4v) is 2.89. The lowest BCUT2D eigenvalue weighted by atomic mass is 9.81. The van der Waals surface area contributed by atoms with E-state index in [1.807, 2.05) is 0 Å². The Kier molecular flexibility index (Phi) is 7.20. The zero-order chi connectivity index (χ0) is 13.4. The average molecular weight is 256 g/mol. The van der Waals surface area contributed by atoms with Crippen LogP contribution in [0.25, 0.3) is 0 Å². The summed E-state index contributed by atoms with van der Waals surface area (Å²) in [4.78, 5) is 2.46. The summed E-state index contributed by atoms with van der Waals surface area (Å²) in [5.41, 5.74) is 0.330. The number of rotatable bonds is 8. The second-order valence-electron chi connectivity index (χ2n) is 6.42. The van der Waals surface area contributed by atoms with Gasteiger partial charge in [0, 0.05) is 25.1 Å². The fourth-order valence-electron chi connectivity index (χ4n) is 2.89. The van der Waals surface area contributed by atoms with Gasteiger partial charge in [0.15, 0.2) is 0 Å². The minimum atomic E-state index is 0.330. The molecule has 0 aliphatic carbocycles. The van der Waals surface area contributed by atoms with Gasteiger partial charge >= 0.3 is 0 Å². The Labute approximate surface area is 113 Å². The third-order valence-corrected chi connectivity index (χ3v) is 3.67. The van der Waals surface area contributed by atoms with E-state index in [0.717, 1.165) is 38.8 Å². The van der Waals surface area contributed by atoms with Gasteiger partial charge in [-0.05, 0) is 45.3 Å². The summed E-state index contributed by atoms with van der Waals surface area (Å²) >= 11 is 0. The predicted molar refractivity (Wildman–Crippen MR) is 78.0 cm³/mol. The van der Waals surface area contributed by atoms with E-state index < -0.39 is 0 Å². The van der Waals surface area contributed by atoms with Crippen molar-refractivity contribution in [2.45, 2.75) is 40.0 Å². The summed E-state index contributed by atoms with van der Waals surface area (Å²) in [6.07, 6.45) is 3.74. The normalized spacial score (nSPS) is 25.0. The number of hydrogen-bond donors (Lipinski definition) is 1. The van der Waals surface area contributed by atoms with Crippen LogP contribution in [0.4, 0.5) is 0 Å². The maximum Gasteiger partial charge on any atom is 0.0546 e. The molecule has 1 rings (SSSR count). The molecule has 3 nitrogen and oxygen atoms in total. The molecule has 0 aromatic carbocycles. The minimum absolute atomic E-state index is 0.330. The molecule has 18 heavy (non-hydrogen) atoms. The number of nitrogens with one attached hydrogen (secondary N) is 1. The second kappa shape index (κ2) is 8.13. The van der Waals surface area contributed by atoms with Crippen molar-refractivity contribution in [1.29, 1.82) is 0 Å². The third-order valence-electron chi connectivity index (χ3n) is 3.67. The summed E-state index contributed by atoms with van der Waals surface area (Å²) in [5.74, 6) is 0.722. The van der Waals surface area contributed by atoms with Gasteiger partial charge in [0.1, 0.15) is 0 Å². The SMILES string of the molecule is CCCN(C)CC1(CNCC(C)C)CCCOC1. The van der Waals surface area contributed by atoms with Crippen molar-refractivity contribution in [2.75, 3.05) is 46.4 Å². The van der Waals surface area contributed by atoms with Gasteiger partial charge in [-0.3, -0.25) is 0 Å². The van der Waals surface area contributed by atoms with Crippen molar-refractivity contribution < 1.29 is 4.74 Å². The van der Waals surface area contributed by atoms with Crippen molar-refractivity contribution in [3.63, 3.8) is 0 Å². The van der Waals surface area contributed by atoms with Crippen molar-refractivity contribution in [1.82, 2.24) is 10.2 Å². The topological polar surface area (TPSA) is 24.5 Å². The van der Waals surface area contributed by atoms with Gasteiger partial charge in [0.2, 0.25) is 0 Å². The highest BCUT2D eigenvalue weighted by Gasteiger charge is 2.33. The number of ether oxygens (including phenoxy) is 1. The van der Waals surface area contributed by atoms with Crippen LogP contribution in [0, 0.1) is 11.3 Å². The minimum Gasteiger partial charge on any atom is -0.381 e. The van der Waals surface area contributed by atoms with Gasteiger partial charge in [-0.15, -0.1) is 0 Å². The van der Waals surface area contributed by atoms with Crippen LogP contribution in [0.3, 0.4) is 0 Å². The van der Waals surface area contributed by atoms with E-state index in [2.05, 4.69) is 38.0 Å². The van der Waals surface area contributed by atoms with Crippen molar-refractivity contribution in [3.05, 3.63) is 0 Å². The molecule has 1 fully saturated rings. The van der Waals surface area contributed by atoms with Crippen LogP contribution in [0.15, 0.2) is 0 Å². The average Bonchev–Trinajstić information content (AvgIpc) is 2.29. The highest BCUT2D eigenvalue weighted by Crippen LogP contribution is 2.29. The summed E-state index contributed by atoms with van der Waals surface area (Å²) in [6.45, 7) is 13.2. The lowest BCUT2D eigenvalue weighted by Gasteiger charge is -2.40. The fraction of sp³-hybridized carbons (Fsp3) is 1.00. The molecule has 1 unspecified atom stereocenters. The van der Waals surface area contributed by atoms with Crippen molar-refractivity contribution in [2.24, 2.45) is 11.3 Å². The van der Waals surface area contributed by atoms with Crippen LogP contribution in [-0.2, 0) is 4.74 Å². The van der Waals surface area contributed by atoms with E-state index >= 15 is 0 Å². The molecule has 108 valence electrons. The van der Waals surface area contributed by atoms with Crippen LogP contribution >= 0.6 is 0 Å². The number of hydrogen-bond acceptors (Lipinski definition) is 3. The molecule has 1 saturated heterocycles. The summed E-state index contributed by atoms with van der Waals surface area (Å²) in [5, 5.41) is 3.64. The van der Waals surface area contributed by atoms with Gasteiger partial charge in [-0.25, -0.2) is 0 Å². The Bertz CT molecular complexity index is 213. The summed E-state index contributed by atoms with van der Waals surface area (Å²) in [6, 6.07) is 0. The van der Waals surface area contributed by atoms with E-state index in [1.165, 1.54) is 25.8 Å². The Morgan fingerprint density at radius 1 is 1.39 bits per heavy atom. The molecule has 0 saturated carbocycles. The largest absolute Gasteiger partial charge is 0.381 e. The van der Waals surface area contributed by atoms with Crippen LogP contribution in [0.2, 0.25) is 0 Å². The van der Waals surface area contributed by atoms with Crippen LogP contribution < -0.4 is 5.32 Å². The highest BCUT2D eigenvalue weighted by atomic mass is 16.5. The first-order valence-electron chi connectivity index (χ1n) is 7.55. The second-order valence-corrected chi connectivity index (χ2v) is 6.42. The maximum atomic E-state index is 5.76. The smallest absolute Gasteiger partial charge is 0.0546 e. The molecule has 0 amide bonds. The van der Waals surface area contributed by atoms with E-state index in [-0.39, 0.29) is 0 Å². The monoisotopic (exact) mass is 256 g/mol. The third kappa shape index (κ3) is 5.68. The highest BCUT2D eigenvalue weighted by molar-refractivity contribution is 4.86. The molecule has 0 aromatic rings. The van der Waals surface area contributed by atoms with Gasteiger partial charge in [0.05, 0.1) is 6.61 Å². The molecule has 0 aromatic heterocycles. The van der Waals surface area contributed by atoms with E-state index in [4.69, 9.17) is 4.74 Å². The molecule has 1 N–H and O–H groups in total. The molecule has 1 aliphatic rings. The van der Waals surface area contributed by atoms with E-state index in [1.54, 1.807) is 0 Å². The van der Waals surface area contributed by atoms with Crippen molar-refractivity contribution in [3.8, 4) is 0 Å². The first kappa shape index (κ1) is 15.9. The van der Waals surface area contributed by atoms with Gasteiger partial charge in [-0.2, -0.15) is 0 Å². The van der Waals surface area contributed by atoms with E-state index in [0.29, 0.717) is 5.41 Å². The predicted octanol–water partition coefficient (Wildman–Crippen LogP) is 2.37. The van der Waals surface area contributed by atoms with Crippen LogP contribution in [0.1, 0.15) is 40.0 Å². The van der Waals surface area contributed by atoms with Crippen LogP contribution in [0.5, 0.6) is 0 Å². The maximum absolute atomic E-state index is 5.76. The summed E-state index contributed by atoms with van der Waals surface area (Å²) in [7, 11) is 2.24. The molecule has 1 atom stereocenters. The van der Waals surface area contributed by atoms with Gasteiger partial charge < -0.3 is 15.0 Å². The summed E-state index contributed by atoms with van der Waals surface area (Å²) < 4.78 is 5.76. The quantitative estimate of drug-likeness (QED) is 0.721.